The summed E-state index contributed by atoms with van der Waals surface area (Å²) in [4.78, 5) is 2.60. The maximum absolute atomic E-state index is 5.83. The second kappa shape index (κ2) is 5.09. The van der Waals surface area contributed by atoms with Crippen molar-refractivity contribution in [1.82, 2.24) is 10.2 Å². The minimum atomic E-state index is 0.507. The van der Waals surface area contributed by atoms with Gasteiger partial charge in [-0.25, -0.2) is 0 Å². The van der Waals surface area contributed by atoms with Crippen molar-refractivity contribution >= 4 is 0 Å². The Kier molecular flexibility index (Phi) is 3.50. The fourth-order valence-corrected chi connectivity index (χ4v) is 3.12. The number of ether oxygens (including phenoxy) is 1. The van der Waals surface area contributed by atoms with Gasteiger partial charge in [0.2, 0.25) is 0 Å². The Morgan fingerprint density at radius 3 is 3.00 bits per heavy atom. The second-order valence-corrected chi connectivity index (χ2v) is 5.78. The Bertz CT molecular complexity index is 288. The predicted molar refractivity (Wildman–Crippen MR) is 69.1 cm³/mol. The largest absolute Gasteiger partial charge is 0.375 e. The lowest BCUT2D eigenvalue weighted by Gasteiger charge is -2.38. The molecular weight excluding hydrogens is 212 g/mol. The third-order valence-electron chi connectivity index (χ3n) is 4.24. The molecule has 2 unspecified atom stereocenters. The number of hydrogen-bond donors (Lipinski definition) is 1. The zero-order chi connectivity index (χ0) is 11.7. The summed E-state index contributed by atoms with van der Waals surface area (Å²) in [6, 6.07) is 1.46. The van der Waals surface area contributed by atoms with Crippen LogP contribution in [0.25, 0.3) is 0 Å². The number of hydrogen-bond acceptors (Lipinski definition) is 3. The van der Waals surface area contributed by atoms with E-state index in [0.29, 0.717) is 12.1 Å². The molecule has 3 nitrogen and oxygen atoms in total. The van der Waals surface area contributed by atoms with E-state index in [1.54, 1.807) is 0 Å². The van der Waals surface area contributed by atoms with E-state index in [0.717, 1.165) is 32.3 Å². The van der Waals surface area contributed by atoms with Crippen molar-refractivity contribution in [3.05, 3.63) is 12.2 Å². The summed E-state index contributed by atoms with van der Waals surface area (Å²) >= 11 is 0. The molecule has 2 atom stereocenters. The molecule has 1 aliphatic heterocycles. The van der Waals surface area contributed by atoms with Crippen LogP contribution >= 0.6 is 0 Å². The number of nitrogens with one attached hydrogen (secondary N) is 1. The van der Waals surface area contributed by atoms with Crippen LogP contribution in [-0.4, -0.2) is 49.3 Å². The fourth-order valence-electron chi connectivity index (χ4n) is 3.12. The number of morpholine rings is 1. The highest BCUT2D eigenvalue weighted by Crippen LogP contribution is 2.29. The molecule has 3 fully saturated rings. The number of nitrogens with zero attached hydrogens (tertiary/aromatic N) is 1. The quantitative estimate of drug-likeness (QED) is 0.733. The summed E-state index contributed by atoms with van der Waals surface area (Å²) in [5.74, 6) is 0. The molecule has 0 spiro atoms. The smallest absolute Gasteiger partial charge is 0.0731 e. The van der Waals surface area contributed by atoms with Crippen LogP contribution in [0, 0.1) is 0 Å². The van der Waals surface area contributed by atoms with E-state index in [2.05, 4.69) is 16.8 Å². The summed E-state index contributed by atoms with van der Waals surface area (Å²) in [5.41, 5.74) is 1.34. The molecular formula is C14H24N2O. The Labute approximate surface area is 104 Å². The third-order valence-corrected chi connectivity index (χ3v) is 4.24. The van der Waals surface area contributed by atoms with Crippen molar-refractivity contribution in [1.29, 1.82) is 0 Å². The van der Waals surface area contributed by atoms with E-state index >= 15 is 0 Å². The fraction of sp³-hybridized carbons (Fsp3) is 0.857. The van der Waals surface area contributed by atoms with Gasteiger partial charge in [-0.1, -0.05) is 6.58 Å². The van der Waals surface area contributed by atoms with E-state index in [1.807, 2.05) is 0 Å². The molecule has 1 heterocycles. The molecule has 2 aliphatic carbocycles. The molecule has 0 bridgehead atoms. The van der Waals surface area contributed by atoms with Gasteiger partial charge in [0.1, 0.15) is 0 Å². The lowest BCUT2D eigenvalue weighted by Crippen LogP contribution is -2.49. The summed E-state index contributed by atoms with van der Waals surface area (Å²) in [7, 11) is 0. The van der Waals surface area contributed by atoms with Crippen molar-refractivity contribution in [2.24, 2.45) is 0 Å². The summed E-state index contributed by atoms with van der Waals surface area (Å²) in [6.45, 7) is 8.27. The van der Waals surface area contributed by atoms with Gasteiger partial charge in [0.25, 0.3) is 0 Å². The zero-order valence-electron chi connectivity index (χ0n) is 10.7. The van der Waals surface area contributed by atoms with Gasteiger partial charge >= 0.3 is 0 Å². The molecule has 1 N–H and O–H groups in total. The lowest BCUT2D eigenvalue weighted by molar-refractivity contribution is -0.0521. The highest BCUT2D eigenvalue weighted by Gasteiger charge is 2.35. The van der Waals surface area contributed by atoms with Crippen molar-refractivity contribution in [2.75, 3.05) is 26.2 Å². The van der Waals surface area contributed by atoms with Gasteiger partial charge in [0.05, 0.1) is 12.7 Å². The highest BCUT2D eigenvalue weighted by molar-refractivity contribution is 5.04. The summed E-state index contributed by atoms with van der Waals surface area (Å²) in [6.07, 6.45) is 7.12. The van der Waals surface area contributed by atoms with Crippen LogP contribution in [0.5, 0.6) is 0 Å². The molecule has 3 heteroatoms. The van der Waals surface area contributed by atoms with Crippen molar-refractivity contribution < 1.29 is 4.74 Å². The van der Waals surface area contributed by atoms with Gasteiger partial charge < -0.3 is 10.1 Å². The van der Waals surface area contributed by atoms with Gasteiger partial charge in [-0.05, 0) is 37.7 Å². The Balaban J connectivity index is 1.47. The van der Waals surface area contributed by atoms with E-state index < -0.39 is 0 Å². The molecule has 0 aromatic carbocycles. The molecule has 2 saturated carbocycles. The molecule has 1 saturated heterocycles. The van der Waals surface area contributed by atoms with Gasteiger partial charge in [0.15, 0.2) is 0 Å². The minimum absolute atomic E-state index is 0.507. The first kappa shape index (κ1) is 11.7. The average Bonchev–Trinajstić information content (AvgIpc) is 3.03. The number of rotatable bonds is 5. The molecule has 0 radical (unpaired) electrons. The first-order valence-electron chi connectivity index (χ1n) is 7.08. The monoisotopic (exact) mass is 236 g/mol. The third kappa shape index (κ3) is 2.90. The van der Waals surface area contributed by atoms with Crippen LogP contribution in [0.4, 0.5) is 0 Å². The molecule has 96 valence electrons. The van der Waals surface area contributed by atoms with Crippen LogP contribution in [0.2, 0.25) is 0 Å². The van der Waals surface area contributed by atoms with Crippen molar-refractivity contribution in [3.63, 3.8) is 0 Å². The normalized spacial score (nSPS) is 33.6. The molecule has 0 aromatic rings. The first-order chi connectivity index (χ1) is 8.33. The van der Waals surface area contributed by atoms with E-state index in [1.165, 1.54) is 37.7 Å². The first-order valence-corrected chi connectivity index (χ1v) is 7.08. The summed E-state index contributed by atoms with van der Waals surface area (Å²) in [5, 5.41) is 3.55. The van der Waals surface area contributed by atoms with Crippen LogP contribution in [0.1, 0.15) is 32.1 Å². The predicted octanol–water partition coefficient (Wildman–Crippen LogP) is 1.55. The molecule has 0 aromatic heterocycles. The maximum atomic E-state index is 5.83. The second-order valence-electron chi connectivity index (χ2n) is 5.78. The van der Waals surface area contributed by atoms with Crippen LogP contribution in [0.15, 0.2) is 12.2 Å². The lowest BCUT2D eigenvalue weighted by atomic mass is 10.1. The maximum Gasteiger partial charge on any atom is 0.0731 e. The number of fused-ring (bicyclic) bond motifs is 1. The topological polar surface area (TPSA) is 24.5 Å². The zero-order valence-corrected chi connectivity index (χ0v) is 10.7. The van der Waals surface area contributed by atoms with E-state index in [4.69, 9.17) is 4.74 Å². The average molecular weight is 236 g/mol. The highest BCUT2D eigenvalue weighted by atomic mass is 16.5. The van der Waals surface area contributed by atoms with Crippen molar-refractivity contribution in [3.8, 4) is 0 Å². The molecule has 17 heavy (non-hydrogen) atoms. The Morgan fingerprint density at radius 2 is 2.18 bits per heavy atom. The minimum Gasteiger partial charge on any atom is -0.375 e. The van der Waals surface area contributed by atoms with Gasteiger partial charge in [-0.3, -0.25) is 4.90 Å². The SMILES string of the molecule is C=C(CNC1CC1)CN1CCOC2CCCC21. The Hall–Kier alpha value is -0.380. The standard InChI is InChI=1S/C14H24N2O/c1-11(9-15-12-5-6-12)10-16-7-8-17-14-4-2-3-13(14)16/h12-15H,1-10H2. The van der Waals surface area contributed by atoms with Crippen LogP contribution in [0.3, 0.4) is 0 Å². The summed E-state index contributed by atoms with van der Waals surface area (Å²) < 4.78 is 5.83. The molecule has 3 aliphatic rings. The van der Waals surface area contributed by atoms with E-state index in [9.17, 15) is 0 Å². The molecule has 3 rings (SSSR count). The van der Waals surface area contributed by atoms with Gasteiger partial charge in [0, 0.05) is 31.7 Å². The van der Waals surface area contributed by atoms with Crippen LogP contribution < -0.4 is 5.32 Å². The Morgan fingerprint density at radius 1 is 1.29 bits per heavy atom. The van der Waals surface area contributed by atoms with Crippen molar-refractivity contribution in [2.45, 2.75) is 50.3 Å². The van der Waals surface area contributed by atoms with Crippen LogP contribution in [-0.2, 0) is 4.74 Å². The van der Waals surface area contributed by atoms with E-state index in [-0.39, 0.29) is 0 Å². The molecule has 0 amide bonds. The van der Waals surface area contributed by atoms with Gasteiger partial charge in [-0.15, -0.1) is 0 Å². The van der Waals surface area contributed by atoms with Gasteiger partial charge in [-0.2, -0.15) is 0 Å².